The van der Waals surface area contributed by atoms with E-state index in [1.807, 2.05) is 10.7 Å². The maximum Gasteiger partial charge on any atom is 0.138 e. The minimum Gasteiger partial charge on any atom is -0.271 e. The van der Waals surface area contributed by atoms with Gasteiger partial charge in [0.1, 0.15) is 12.2 Å². The molecule has 2 aromatic rings. The summed E-state index contributed by atoms with van der Waals surface area (Å²) in [6, 6.07) is 10.5. The zero-order valence-electron chi connectivity index (χ0n) is 12.4. The second-order valence-corrected chi connectivity index (χ2v) is 5.50. The van der Waals surface area contributed by atoms with E-state index >= 15 is 0 Å². The van der Waals surface area contributed by atoms with Crippen molar-refractivity contribution in [2.75, 3.05) is 0 Å². The van der Waals surface area contributed by atoms with E-state index in [1.54, 1.807) is 6.33 Å². The number of hydrazine groups is 1. The molecule has 1 unspecified atom stereocenters. The van der Waals surface area contributed by atoms with Gasteiger partial charge in [0.25, 0.3) is 0 Å². The fourth-order valence-corrected chi connectivity index (χ4v) is 2.48. The van der Waals surface area contributed by atoms with Crippen molar-refractivity contribution in [3.8, 4) is 0 Å². The Balaban J connectivity index is 2.24. The van der Waals surface area contributed by atoms with Crippen molar-refractivity contribution in [2.24, 2.45) is 5.84 Å². The Kier molecular flexibility index (Phi) is 4.52. The van der Waals surface area contributed by atoms with Gasteiger partial charge in [-0.25, -0.2) is 4.98 Å². The maximum atomic E-state index is 5.80. The van der Waals surface area contributed by atoms with Gasteiger partial charge in [-0.05, 0) is 12.5 Å². The first-order valence-electron chi connectivity index (χ1n) is 6.98. The quantitative estimate of drug-likeness (QED) is 0.620. The molecule has 5 heteroatoms. The van der Waals surface area contributed by atoms with Gasteiger partial charge in [-0.3, -0.25) is 16.0 Å². The lowest BCUT2D eigenvalue weighted by molar-refractivity contribution is 0.332. The molecule has 0 aliphatic rings. The highest BCUT2D eigenvalue weighted by Crippen LogP contribution is 2.28. The molecular weight excluding hydrogens is 250 g/mol. The average molecular weight is 273 g/mol. The van der Waals surface area contributed by atoms with Crippen LogP contribution < -0.4 is 11.3 Å². The summed E-state index contributed by atoms with van der Waals surface area (Å²) in [5.74, 6) is 6.75. The number of aryl methyl sites for hydroxylation is 1. The molecule has 0 aliphatic heterocycles. The van der Waals surface area contributed by atoms with E-state index in [9.17, 15) is 0 Å². The number of hydrogen-bond acceptors (Lipinski definition) is 4. The molecule has 0 fully saturated rings. The van der Waals surface area contributed by atoms with Crippen LogP contribution in [0.4, 0.5) is 0 Å². The lowest BCUT2D eigenvalue weighted by Gasteiger charge is -2.34. The third-order valence-corrected chi connectivity index (χ3v) is 3.97. The van der Waals surface area contributed by atoms with Gasteiger partial charge in [-0.2, -0.15) is 5.10 Å². The van der Waals surface area contributed by atoms with Crippen molar-refractivity contribution in [3.05, 3.63) is 48.0 Å². The predicted octanol–water partition coefficient (Wildman–Crippen LogP) is 1.65. The van der Waals surface area contributed by atoms with Gasteiger partial charge in [0.15, 0.2) is 0 Å². The van der Waals surface area contributed by atoms with Crippen molar-refractivity contribution in [1.29, 1.82) is 0 Å². The van der Waals surface area contributed by atoms with Crippen molar-refractivity contribution in [1.82, 2.24) is 20.2 Å². The van der Waals surface area contributed by atoms with Gasteiger partial charge in [0, 0.05) is 24.4 Å². The fourth-order valence-electron chi connectivity index (χ4n) is 2.48. The molecule has 0 spiro atoms. The van der Waals surface area contributed by atoms with Gasteiger partial charge in [0.2, 0.25) is 0 Å². The molecule has 3 N–H and O–H groups in total. The lowest BCUT2D eigenvalue weighted by Crippen LogP contribution is -2.50. The molecule has 1 atom stereocenters. The molecule has 20 heavy (non-hydrogen) atoms. The Labute approximate surface area is 120 Å². The minimum absolute atomic E-state index is 0.0828. The molecule has 0 radical (unpaired) electrons. The smallest absolute Gasteiger partial charge is 0.138 e. The monoisotopic (exact) mass is 273 g/mol. The summed E-state index contributed by atoms with van der Waals surface area (Å²) in [7, 11) is 0. The Morgan fingerprint density at radius 1 is 1.30 bits per heavy atom. The van der Waals surface area contributed by atoms with Gasteiger partial charge in [0.05, 0.1) is 0 Å². The first-order chi connectivity index (χ1) is 9.59. The van der Waals surface area contributed by atoms with Gasteiger partial charge in [-0.15, -0.1) is 0 Å². The van der Waals surface area contributed by atoms with Gasteiger partial charge < -0.3 is 0 Å². The van der Waals surface area contributed by atoms with Crippen LogP contribution in [0.25, 0.3) is 0 Å². The average Bonchev–Trinajstić information content (AvgIpc) is 2.92. The number of nitrogens with one attached hydrogen (secondary N) is 1. The van der Waals surface area contributed by atoms with E-state index in [-0.39, 0.29) is 11.5 Å². The van der Waals surface area contributed by atoms with Crippen LogP contribution in [0, 0.1) is 0 Å². The van der Waals surface area contributed by atoms with Crippen LogP contribution in [0.3, 0.4) is 0 Å². The normalized spacial score (nSPS) is 13.4. The number of rotatable bonds is 6. The number of aromatic nitrogens is 3. The SMILES string of the molecule is CCn1ncnc1CC(NN)C(C)(C)c1ccccc1. The van der Waals surface area contributed by atoms with Crippen LogP contribution in [0.1, 0.15) is 32.2 Å². The van der Waals surface area contributed by atoms with Crippen LogP contribution in [0.2, 0.25) is 0 Å². The third-order valence-electron chi connectivity index (χ3n) is 3.97. The van der Waals surface area contributed by atoms with E-state index in [2.05, 4.69) is 60.5 Å². The van der Waals surface area contributed by atoms with Crippen LogP contribution in [0.5, 0.6) is 0 Å². The third kappa shape index (κ3) is 2.89. The Morgan fingerprint density at radius 3 is 2.60 bits per heavy atom. The number of hydrogen-bond donors (Lipinski definition) is 2. The van der Waals surface area contributed by atoms with Crippen LogP contribution >= 0.6 is 0 Å². The highest BCUT2D eigenvalue weighted by molar-refractivity contribution is 5.26. The summed E-state index contributed by atoms with van der Waals surface area (Å²) in [6.07, 6.45) is 2.34. The van der Waals surface area contributed by atoms with E-state index < -0.39 is 0 Å². The molecular formula is C15H23N5. The molecule has 2 rings (SSSR count). The summed E-state index contributed by atoms with van der Waals surface area (Å²) in [5.41, 5.74) is 4.11. The topological polar surface area (TPSA) is 68.8 Å². The maximum absolute atomic E-state index is 5.80. The zero-order chi connectivity index (χ0) is 14.6. The largest absolute Gasteiger partial charge is 0.271 e. The van der Waals surface area contributed by atoms with E-state index in [0.717, 1.165) is 18.8 Å². The lowest BCUT2D eigenvalue weighted by atomic mass is 9.76. The Bertz CT molecular complexity index is 532. The van der Waals surface area contributed by atoms with E-state index in [4.69, 9.17) is 5.84 Å². The van der Waals surface area contributed by atoms with Crippen LogP contribution in [0.15, 0.2) is 36.7 Å². The highest BCUT2D eigenvalue weighted by Gasteiger charge is 2.31. The summed E-state index contributed by atoms with van der Waals surface area (Å²) >= 11 is 0. The fraction of sp³-hybridized carbons (Fsp3) is 0.467. The first kappa shape index (κ1) is 14.7. The summed E-state index contributed by atoms with van der Waals surface area (Å²) in [5, 5.41) is 4.21. The molecule has 0 aliphatic carbocycles. The van der Waals surface area contributed by atoms with E-state index in [0.29, 0.717) is 0 Å². The molecule has 0 bridgehead atoms. The van der Waals surface area contributed by atoms with Crippen LogP contribution in [-0.4, -0.2) is 20.8 Å². The molecule has 1 aromatic heterocycles. The number of nitrogens with two attached hydrogens (primary N) is 1. The molecule has 0 saturated carbocycles. The second-order valence-electron chi connectivity index (χ2n) is 5.50. The van der Waals surface area contributed by atoms with Crippen molar-refractivity contribution >= 4 is 0 Å². The van der Waals surface area contributed by atoms with E-state index in [1.165, 1.54) is 5.56 Å². The standard InChI is InChI=1S/C15H23N5/c1-4-20-14(17-11-18-20)10-13(19-16)15(2,3)12-8-6-5-7-9-12/h5-9,11,13,19H,4,10,16H2,1-3H3. The van der Waals surface area contributed by atoms with Gasteiger partial charge >= 0.3 is 0 Å². The summed E-state index contributed by atoms with van der Waals surface area (Å²) in [4.78, 5) is 4.34. The molecule has 0 saturated heterocycles. The van der Waals surface area contributed by atoms with Crippen molar-refractivity contribution in [3.63, 3.8) is 0 Å². The molecule has 0 amide bonds. The van der Waals surface area contributed by atoms with Crippen molar-refractivity contribution in [2.45, 2.75) is 45.2 Å². The summed E-state index contributed by atoms with van der Waals surface area (Å²) in [6.45, 7) is 7.27. The molecule has 5 nitrogen and oxygen atoms in total. The summed E-state index contributed by atoms with van der Waals surface area (Å²) < 4.78 is 1.91. The zero-order valence-corrected chi connectivity index (χ0v) is 12.4. The van der Waals surface area contributed by atoms with Crippen molar-refractivity contribution < 1.29 is 0 Å². The second kappa shape index (κ2) is 6.15. The Hall–Kier alpha value is -1.72. The number of nitrogens with zero attached hydrogens (tertiary/aromatic N) is 3. The molecule has 1 heterocycles. The molecule has 1 aromatic carbocycles. The minimum atomic E-state index is -0.0967. The predicted molar refractivity (Wildman–Crippen MR) is 80.0 cm³/mol. The number of benzene rings is 1. The Morgan fingerprint density at radius 2 is 2.00 bits per heavy atom. The van der Waals surface area contributed by atoms with Crippen LogP contribution in [-0.2, 0) is 18.4 Å². The molecule has 108 valence electrons. The first-order valence-corrected chi connectivity index (χ1v) is 6.98. The van der Waals surface area contributed by atoms with Gasteiger partial charge in [-0.1, -0.05) is 44.2 Å². The highest BCUT2D eigenvalue weighted by atomic mass is 15.3.